The number of nitrogens with zero attached hydrogens (tertiary/aromatic N) is 1. The molecule has 2 fully saturated rings. The molecule has 3 aliphatic rings. The Morgan fingerprint density at radius 2 is 1.49 bits per heavy atom. The van der Waals surface area contributed by atoms with Crippen LogP contribution in [0.4, 0.5) is 4.79 Å². The third-order valence-electron chi connectivity index (χ3n) is 9.44. The van der Waals surface area contributed by atoms with Crippen molar-refractivity contribution >= 4 is 17.8 Å². The molecule has 0 bridgehead atoms. The summed E-state index contributed by atoms with van der Waals surface area (Å²) in [4.78, 5) is 40.3. The number of methoxy groups -OCH3 is 1. The van der Waals surface area contributed by atoms with Gasteiger partial charge in [-0.15, -0.1) is 0 Å². The lowest BCUT2D eigenvalue weighted by Gasteiger charge is -2.45. The summed E-state index contributed by atoms with van der Waals surface area (Å²) >= 11 is 0. The molecule has 3 heterocycles. The highest BCUT2D eigenvalue weighted by Crippen LogP contribution is 2.33. The highest BCUT2D eigenvalue weighted by Gasteiger charge is 2.49. The zero-order valence-electron chi connectivity index (χ0n) is 29.7. The Morgan fingerprint density at radius 1 is 0.868 bits per heavy atom. The summed E-state index contributed by atoms with van der Waals surface area (Å²) in [6, 6.07) is 27.9. The van der Waals surface area contributed by atoms with Gasteiger partial charge in [-0.1, -0.05) is 91.0 Å². The van der Waals surface area contributed by atoms with Gasteiger partial charge < -0.3 is 38.3 Å². The number of ketones is 1. The van der Waals surface area contributed by atoms with Gasteiger partial charge in [0.15, 0.2) is 18.2 Å². The number of allylic oxidation sites excluding steroid dienone is 1. The number of ether oxygens (including phenoxy) is 7. The smallest absolute Gasteiger partial charge is 0.417 e. The highest BCUT2D eigenvalue weighted by atomic mass is 16.7. The first kappa shape index (κ1) is 38.0. The number of hydrogen-bond acceptors (Lipinski definition) is 11. The summed E-state index contributed by atoms with van der Waals surface area (Å²) in [5.74, 6) is -1.54. The fraction of sp³-hybridized carbons (Fsp3) is 0.390. The number of rotatable bonds is 15. The van der Waals surface area contributed by atoms with E-state index in [9.17, 15) is 19.5 Å². The molecule has 1 N–H and O–H groups in total. The van der Waals surface area contributed by atoms with Gasteiger partial charge in [0.25, 0.3) is 0 Å². The molecule has 2 saturated heterocycles. The quantitative estimate of drug-likeness (QED) is 0.210. The van der Waals surface area contributed by atoms with Crippen molar-refractivity contribution in [3.63, 3.8) is 0 Å². The average molecular weight is 728 g/mol. The minimum atomic E-state index is -1.14. The van der Waals surface area contributed by atoms with Crippen molar-refractivity contribution in [2.75, 3.05) is 26.9 Å². The summed E-state index contributed by atoms with van der Waals surface area (Å²) < 4.78 is 42.3. The zero-order valence-corrected chi connectivity index (χ0v) is 29.7. The summed E-state index contributed by atoms with van der Waals surface area (Å²) in [5, 5.41) is 10.3. The molecule has 3 aromatic carbocycles. The molecule has 2 amide bonds. The van der Waals surface area contributed by atoms with Crippen molar-refractivity contribution in [2.45, 2.75) is 69.4 Å². The van der Waals surface area contributed by atoms with Crippen LogP contribution >= 0.6 is 0 Å². The topological polar surface area (TPSA) is 139 Å². The van der Waals surface area contributed by atoms with Gasteiger partial charge in [0.2, 0.25) is 5.91 Å². The second kappa shape index (κ2) is 18.4. The normalized spacial score (nSPS) is 27.0. The number of benzene rings is 3. The van der Waals surface area contributed by atoms with E-state index in [1.807, 2.05) is 91.0 Å². The second-order valence-corrected chi connectivity index (χ2v) is 13.0. The van der Waals surface area contributed by atoms with Crippen LogP contribution in [0.5, 0.6) is 0 Å². The summed E-state index contributed by atoms with van der Waals surface area (Å²) in [5.41, 5.74) is 2.66. The Morgan fingerprint density at radius 3 is 2.11 bits per heavy atom. The standard InChI is InChI=1S/C41H45NO11/c1-27(39(45)42-32(26-51-41(42)46)30-17-10-5-11-18-30)35-33(44)21-20-31(52-35)19-12-22-48-38-37(50-25-29-15-8-4-9-16-29)36(34(23-43)53-40(38)47-2)49-24-28-13-6-3-7-14-28/h3-11,13-21,27,32,34-38,40,43H,12,22-26H2,1-2H3. The fourth-order valence-corrected chi connectivity index (χ4v) is 6.62. The van der Waals surface area contributed by atoms with Gasteiger partial charge in [-0.2, -0.15) is 0 Å². The van der Waals surface area contributed by atoms with Gasteiger partial charge in [-0.25, -0.2) is 9.69 Å². The maximum absolute atomic E-state index is 13.6. The number of aliphatic hydroxyl groups excluding tert-OH is 1. The lowest BCUT2D eigenvalue weighted by molar-refractivity contribution is -0.319. The Hall–Kier alpha value is -4.69. The van der Waals surface area contributed by atoms with Crippen LogP contribution in [0, 0.1) is 5.92 Å². The molecular weight excluding hydrogens is 682 g/mol. The van der Waals surface area contributed by atoms with Crippen molar-refractivity contribution < 1.29 is 52.6 Å². The van der Waals surface area contributed by atoms with Crippen molar-refractivity contribution in [2.24, 2.45) is 5.92 Å². The second-order valence-electron chi connectivity index (χ2n) is 13.0. The first-order chi connectivity index (χ1) is 25.9. The van der Waals surface area contributed by atoms with Crippen LogP contribution in [0.15, 0.2) is 115 Å². The van der Waals surface area contributed by atoms with E-state index in [-0.39, 0.29) is 38.8 Å². The SMILES string of the molecule is COC1OC(CO)C(OCc2ccccc2)C(OCc2ccccc2)C1OCCC=C1C=CC(=O)C(C(C)C(=O)N2C(=O)OCC2c2ccccc2)O1. The van der Waals surface area contributed by atoms with Gasteiger partial charge in [-0.3, -0.25) is 9.59 Å². The maximum Gasteiger partial charge on any atom is 0.417 e. The number of imide groups is 1. The summed E-state index contributed by atoms with van der Waals surface area (Å²) in [6.45, 7) is 1.99. The van der Waals surface area contributed by atoms with E-state index < -0.39 is 60.8 Å². The highest BCUT2D eigenvalue weighted by molar-refractivity contribution is 6.01. The van der Waals surface area contributed by atoms with Crippen LogP contribution in [0.2, 0.25) is 0 Å². The van der Waals surface area contributed by atoms with E-state index in [1.54, 1.807) is 19.1 Å². The number of cyclic esters (lactones) is 1. The van der Waals surface area contributed by atoms with Gasteiger partial charge in [-0.05, 0) is 48.3 Å². The lowest BCUT2D eigenvalue weighted by Crippen LogP contribution is -2.61. The molecule has 280 valence electrons. The molecule has 3 aliphatic heterocycles. The number of aliphatic hydroxyl groups is 1. The molecule has 12 heteroatoms. The minimum Gasteiger partial charge on any atom is -0.482 e. The van der Waals surface area contributed by atoms with Gasteiger partial charge in [0.1, 0.15) is 42.8 Å². The van der Waals surface area contributed by atoms with Crippen molar-refractivity contribution in [3.05, 3.63) is 132 Å². The summed E-state index contributed by atoms with van der Waals surface area (Å²) in [7, 11) is 1.50. The fourth-order valence-electron chi connectivity index (χ4n) is 6.62. The van der Waals surface area contributed by atoms with Crippen LogP contribution in [0.25, 0.3) is 0 Å². The maximum atomic E-state index is 13.6. The predicted octanol–water partition coefficient (Wildman–Crippen LogP) is 5.06. The first-order valence-electron chi connectivity index (χ1n) is 17.7. The van der Waals surface area contributed by atoms with Crippen LogP contribution in [-0.2, 0) is 56.0 Å². The van der Waals surface area contributed by atoms with Crippen molar-refractivity contribution in [3.8, 4) is 0 Å². The molecule has 6 rings (SSSR count). The van der Waals surface area contributed by atoms with Crippen molar-refractivity contribution in [1.29, 1.82) is 0 Å². The largest absolute Gasteiger partial charge is 0.482 e. The monoisotopic (exact) mass is 727 g/mol. The molecule has 8 atom stereocenters. The molecular formula is C41H45NO11. The third-order valence-corrected chi connectivity index (χ3v) is 9.44. The van der Waals surface area contributed by atoms with E-state index in [4.69, 9.17) is 33.2 Å². The Bertz CT molecular complexity index is 1720. The third kappa shape index (κ3) is 9.28. The number of carbonyl (C=O) groups is 3. The van der Waals surface area contributed by atoms with E-state index in [1.165, 1.54) is 13.2 Å². The molecule has 0 saturated carbocycles. The van der Waals surface area contributed by atoms with E-state index in [0.29, 0.717) is 12.2 Å². The Labute approximate surface area is 308 Å². The van der Waals surface area contributed by atoms with Crippen LogP contribution < -0.4 is 0 Å². The van der Waals surface area contributed by atoms with E-state index in [2.05, 4.69) is 0 Å². The van der Waals surface area contributed by atoms with Crippen LogP contribution in [0.3, 0.4) is 0 Å². The molecule has 3 aromatic rings. The van der Waals surface area contributed by atoms with E-state index in [0.717, 1.165) is 21.6 Å². The summed E-state index contributed by atoms with van der Waals surface area (Å²) in [6.07, 6.45) is -0.583. The number of hydrogen-bond donors (Lipinski definition) is 1. The lowest BCUT2D eigenvalue weighted by atomic mass is 9.96. The molecule has 0 aromatic heterocycles. The minimum absolute atomic E-state index is 0.0283. The molecule has 8 unspecified atom stereocenters. The van der Waals surface area contributed by atoms with Gasteiger partial charge >= 0.3 is 6.09 Å². The predicted molar refractivity (Wildman–Crippen MR) is 191 cm³/mol. The average Bonchev–Trinajstić information content (AvgIpc) is 3.59. The van der Waals surface area contributed by atoms with Gasteiger partial charge in [0, 0.05) is 7.11 Å². The number of carbonyl (C=O) groups excluding carboxylic acids is 3. The Kier molecular flexibility index (Phi) is 13.2. The molecule has 0 aliphatic carbocycles. The Balaban J connectivity index is 1.12. The van der Waals surface area contributed by atoms with Crippen LogP contribution in [0.1, 0.15) is 36.1 Å². The number of amides is 2. The molecule has 12 nitrogen and oxygen atoms in total. The van der Waals surface area contributed by atoms with Crippen LogP contribution in [-0.4, -0.2) is 91.5 Å². The molecule has 0 radical (unpaired) electrons. The van der Waals surface area contributed by atoms with E-state index >= 15 is 0 Å². The van der Waals surface area contributed by atoms with Gasteiger partial charge in [0.05, 0.1) is 32.3 Å². The zero-order chi connectivity index (χ0) is 37.2. The molecule has 53 heavy (non-hydrogen) atoms. The molecule has 0 spiro atoms. The van der Waals surface area contributed by atoms with Crippen molar-refractivity contribution in [1.82, 2.24) is 4.90 Å². The first-order valence-corrected chi connectivity index (χ1v) is 17.7.